The summed E-state index contributed by atoms with van der Waals surface area (Å²) in [5, 5.41) is 24.8. The maximum Gasteiger partial charge on any atom is 0.230 e. The molecule has 2 fully saturated rings. The number of aromatic nitrogens is 4. The SMILES string of the molecule is C[C@H](NC(=O)CSc1nnnn1-c1ccc(O)cc1)[C@H]1C[C@H]2CC[C@H]1C2. The molecule has 26 heavy (non-hydrogen) atoms. The lowest BCUT2D eigenvalue weighted by Gasteiger charge is -2.28. The molecule has 2 N–H and O–H groups in total. The number of rotatable bonds is 6. The van der Waals surface area contributed by atoms with Gasteiger partial charge in [-0.05, 0) is 78.6 Å². The highest BCUT2D eigenvalue weighted by atomic mass is 32.2. The summed E-state index contributed by atoms with van der Waals surface area (Å²) >= 11 is 1.31. The van der Waals surface area contributed by atoms with E-state index in [9.17, 15) is 9.90 Å². The van der Waals surface area contributed by atoms with Gasteiger partial charge in [0.05, 0.1) is 11.4 Å². The summed E-state index contributed by atoms with van der Waals surface area (Å²) in [6.07, 6.45) is 5.31. The van der Waals surface area contributed by atoms with E-state index in [1.807, 2.05) is 0 Å². The molecule has 2 bridgehead atoms. The standard InChI is InChI=1S/C18H23N5O2S/c1-11(16-9-12-2-3-13(16)8-12)19-17(25)10-26-18-20-21-22-23(18)14-4-6-15(24)7-5-14/h4-7,11-13,16,24H,2-3,8-10H2,1H3,(H,19,25)/t11-,12-,13-,16+/m0/s1. The first-order valence-corrected chi connectivity index (χ1v) is 10.1. The Bertz CT molecular complexity index is 778. The number of thioether (sulfide) groups is 1. The van der Waals surface area contributed by atoms with Crippen LogP contribution in [0.25, 0.3) is 5.69 Å². The Morgan fingerprint density at radius 3 is 2.85 bits per heavy atom. The molecule has 0 radical (unpaired) electrons. The van der Waals surface area contributed by atoms with E-state index < -0.39 is 0 Å². The molecule has 0 saturated heterocycles. The molecule has 0 unspecified atom stereocenters. The van der Waals surface area contributed by atoms with Crippen LogP contribution >= 0.6 is 11.8 Å². The van der Waals surface area contributed by atoms with Gasteiger partial charge in [-0.3, -0.25) is 4.79 Å². The highest BCUT2D eigenvalue weighted by Crippen LogP contribution is 2.49. The van der Waals surface area contributed by atoms with Crippen molar-refractivity contribution in [1.29, 1.82) is 0 Å². The number of benzene rings is 1. The van der Waals surface area contributed by atoms with Crippen LogP contribution in [0.15, 0.2) is 29.4 Å². The quantitative estimate of drug-likeness (QED) is 0.756. The zero-order chi connectivity index (χ0) is 18.1. The summed E-state index contributed by atoms with van der Waals surface area (Å²) in [7, 11) is 0. The molecule has 4 rings (SSSR count). The lowest BCUT2D eigenvalue weighted by molar-refractivity contribution is -0.119. The average molecular weight is 373 g/mol. The molecule has 1 aromatic heterocycles. The Morgan fingerprint density at radius 2 is 2.15 bits per heavy atom. The highest BCUT2D eigenvalue weighted by Gasteiger charge is 2.42. The van der Waals surface area contributed by atoms with E-state index in [1.165, 1.54) is 37.4 Å². The number of nitrogens with one attached hydrogen (secondary N) is 1. The second-order valence-electron chi connectivity index (χ2n) is 7.37. The topological polar surface area (TPSA) is 92.9 Å². The molecule has 1 heterocycles. The van der Waals surface area contributed by atoms with Crippen molar-refractivity contribution in [3.63, 3.8) is 0 Å². The molecular weight excluding hydrogens is 350 g/mol. The molecule has 138 valence electrons. The lowest BCUT2D eigenvalue weighted by atomic mass is 9.84. The third-order valence-electron chi connectivity index (χ3n) is 5.69. The fourth-order valence-corrected chi connectivity index (χ4v) is 5.17. The van der Waals surface area contributed by atoms with Crippen molar-refractivity contribution in [3.8, 4) is 11.4 Å². The van der Waals surface area contributed by atoms with Gasteiger partial charge in [0.2, 0.25) is 11.1 Å². The van der Waals surface area contributed by atoms with Crippen LogP contribution in [-0.4, -0.2) is 43.0 Å². The van der Waals surface area contributed by atoms with Gasteiger partial charge in [-0.1, -0.05) is 18.2 Å². The first-order chi connectivity index (χ1) is 12.6. The first kappa shape index (κ1) is 17.3. The van der Waals surface area contributed by atoms with E-state index >= 15 is 0 Å². The summed E-state index contributed by atoms with van der Waals surface area (Å²) in [5.74, 6) is 2.79. The summed E-state index contributed by atoms with van der Waals surface area (Å²) in [5.41, 5.74) is 0.742. The third kappa shape index (κ3) is 3.56. The molecule has 0 aliphatic heterocycles. The second-order valence-corrected chi connectivity index (χ2v) is 8.32. The second kappa shape index (κ2) is 7.26. The maximum absolute atomic E-state index is 12.4. The number of hydrogen-bond acceptors (Lipinski definition) is 6. The normalized spacial score (nSPS) is 25.3. The smallest absolute Gasteiger partial charge is 0.230 e. The Balaban J connectivity index is 1.32. The van der Waals surface area contributed by atoms with Gasteiger partial charge in [0.1, 0.15) is 5.75 Å². The monoisotopic (exact) mass is 373 g/mol. The number of phenols is 1. The Kier molecular flexibility index (Phi) is 4.84. The summed E-state index contributed by atoms with van der Waals surface area (Å²) < 4.78 is 1.57. The first-order valence-electron chi connectivity index (χ1n) is 9.10. The number of aromatic hydroxyl groups is 1. The molecule has 2 aliphatic carbocycles. The van der Waals surface area contributed by atoms with Gasteiger partial charge in [0, 0.05) is 6.04 Å². The predicted molar refractivity (Wildman–Crippen MR) is 98.1 cm³/mol. The number of phenolic OH excluding ortho intramolecular Hbond substituents is 1. The van der Waals surface area contributed by atoms with E-state index in [4.69, 9.17) is 0 Å². The van der Waals surface area contributed by atoms with Gasteiger partial charge in [0.25, 0.3) is 0 Å². The highest BCUT2D eigenvalue weighted by molar-refractivity contribution is 7.99. The predicted octanol–water partition coefficient (Wildman–Crippen LogP) is 2.40. The van der Waals surface area contributed by atoms with Gasteiger partial charge < -0.3 is 10.4 Å². The van der Waals surface area contributed by atoms with Crippen LogP contribution in [-0.2, 0) is 4.79 Å². The fourth-order valence-electron chi connectivity index (χ4n) is 4.46. The summed E-state index contributed by atoms with van der Waals surface area (Å²) in [6.45, 7) is 2.13. The zero-order valence-electron chi connectivity index (χ0n) is 14.7. The van der Waals surface area contributed by atoms with E-state index in [0.717, 1.165) is 17.5 Å². The molecular formula is C18H23N5O2S. The van der Waals surface area contributed by atoms with Crippen LogP contribution in [0.5, 0.6) is 5.75 Å². The van der Waals surface area contributed by atoms with E-state index in [0.29, 0.717) is 11.1 Å². The van der Waals surface area contributed by atoms with Crippen LogP contribution in [0.1, 0.15) is 32.6 Å². The van der Waals surface area contributed by atoms with E-state index in [-0.39, 0.29) is 23.5 Å². The molecule has 8 heteroatoms. The van der Waals surface area contributed by atoms with Crippen LogP contribution in [0.3, 0.4) is 0 Å². The van der Waals surface area contributed by atoms with Crippen LogP contribution < -0.4 is 5.32 Å². The number of carbonyl (C=O) groups excluding carboxylic acids is 1. The largest absolute Gasteiger partial charge is 0.508 e. The minimum atomic E-state index is 0.0190. The number of fused-ring (bicyclic) bond motifs is 2. The summed E-state index contributed by atoms with van der Waals surface area (Å²) in [4.78, 5) is 12.4. The van der Waals surface area contributed by atoms with Crippen molar-refractivity contribution in [2.45, 2.75) is 43.8 Å². The van der Waals surface area contributed by atoms with Crippen molar-refractivity contribution in [2.75, 3.05) is 5.75 Å². The van der Waals surface area contributed by atoms with Crippen molar-refractivity contribution in [3.05, 3.63) is 24.3 Å². The van der Waals surface area contributed by atoms with Crippen LogP contribution in [0, 0.1) is 17.8 Å². The van der Waals surface area contributed by atoms with Crippen molar-refractivity contribution < 1.29 is 9.90 Å². The van der Waals surface area contributed by atoms with Gasteiger partial charge in [0.15, 0.2) is 0 Å². The van der Waals surface area contributed by atoms with Crippen molar-refractivity contribution in [2.24, 2.45) is 17.8 Å². The van der Waals surface area contributed by atoms with E-state index in [2.05, 4.69) is 27.8 Å². The maximum atomic E-state index is 12.4. The number of carbonyl (C=O) groups is 1. The number of hydrogen-bond donors (Lipinski definition) is 2. The van der Waals surface area contributed by atoms with Crippen molar-refractivity contribution in [1.82, 2.24) is 25.5 Å². The third-order valence-corrected chi connectivity index (χ3v) is 6.61. The molecule has 2 saturated carbocycles. The minimum Gasteiger partial charge on any atom is -0.508 e. The van der Waals surface area contributed by atoms with Gasteiger partial charge >= 0.3 is 0 Å². The molecule has 1 aromatic carbocycles. The molecule has 7 nitrogen and oxygen atoms in total. The van der Waals surface area contributed by atoms with Crippen LogP contribution in [0.2, 0.25) is 0 Å². The average Bonchev–Trinajstić information content (AvgIpc) is 3.37. The fraction of sp³-hybridized carbons (Fsp3) is 0.556. The Morgan fingerprint density at radius 1 is 1.35 bits per heavy atom. The van der Waals surface area contributed by atoms with Gasteiger partial charge in [-0.2, -0.15) is 4.68 Å². The molecule has 1 amide bonds. The minimum absolute atomic E-state index is 0.0190. The van der Waals surface area contributed by atoms with Gasteiger partial charge in [-0.25, -0.2) is 0 Å². The zero-order valence-corrected chi connectivity index (χ0v) is 15.5. The van der Waals surface area contributed by atoms with E-state index in [1.54, 1.807) is 28.9 Å². The lowest BCUT2D eigenvalue weighted by Crippen LogP contribution is -2.40. The Hall–Kier alpha value is -2.09. The molecule has 2 aromatic rings. The van der Waals surface area contributed by atoms with Crippen LogP contribution in [0.4, 0.5) is 0 Å². The molecule has 0 spiro atoms. The number of amides is 1. The van der Waals surface area contributed by atoms with Gasteiger partial charge in [-0.15, -0.1) is 5.10 Å². The number of nitrogens with zero attached hydrogens (tertiary/aromatic N) is 4. The molecule has 4 atom stereocenters. The Labute approximate surface area is 156 Å². The van der Waals surface area contributed by atoms with Crippen molar-refractivity contribution >= 4 is 17.7 Å². The molecule has 2 aliphatic rings. The summed E-state index contributed by atoms with van der Waals surface area (Å²) in [6, 6.07) is 6.84. The number of tetrazole rings is 1.